The first-order chi connectivity index (χ1) is 10.3. The molecule has 1 saturated carbocycles. The summed E-state index contributed by atoms with van der Waals surface area (Å²) < 4.78 is 12.5. The Hall–Kier alpha value is -0.530. The topological polar surface area (TPSA) is 104 Å². The van der Waals surface area contributed by atoms with Crippen LogP contribution in [0.3, 0.4) is 0 Å². The highest BCUT2D eigenvalue weighted by atomic mass is 32.2. The first-order valence-corrected chi connectivity index (χ1v) is 9.26. The molecular weight excluding hydrogens is 302 g/mol. The lowest BCUT2D eigenvalue weighted by atomic mass is 9.91. The van der Waals surface area contributed by atoms with Crippen LogP contribution in [0.15, 0.2) is 23.1 Å². The maximum Gasteiger partial charge on any atom is 0.222 e. The molecule has 2 atom stereocenters. The molecule has 5 nitrogen and oxygen atoms in total. The lowest BCUT2D eigenvalue weighted by Gasteiger charge is -2.21. The first-order valence-electron chi connectivity index (χ1n) is 7.94. The Morgan fingerprint density at radius 3 is 2.55 bits per heavy atom. The van der Waals surface area contributed by atoms with Gasteiger partial charge in [0.25, 0.3) is 0 Å². The minimum absolute atomic E-state index is 0.191. The molecule has 0 aliphatic heterocycles. The highest BCUT2D eigenvalue weighted by Crippen LogP contribution is 2.26. The zero-order valence-electron chi connectivity index (χ0n) is 13.3. The molecule has 0 aromatic carbocycles. The van der Waals surface area contributed by atoms with Gasteiger partial charge in [-0.1, -0.05) is 37.5 Å². The van der Waals surface area contributed by atoms with Gasteiger partial charge >= 0.3 is 0 Å². The third-order valence-electron chi connectivity index (χ3n) is 3.83. The lowest BCUT2D eigenvalue weighted by Crippen LogP contribution is -2.42. The molecule has 2 unspecified atom stereocenters. The lowest BCUT2D eigenvalue weighted by molar-refractivity contribution is -0.175. The zero-order chi connectivity index (χ0) is 16.6. The van der Waals surface area contributed by atoms with Crippen molar-refractivity contribution < 1.29 is 19.5 Å². The first kappa shape index (κ1) is 19.5. The van der Waals surface area contributed by atoms with Gasteiger partial charge in [-0.3, -0.25) is 9.94 Å². The summed E-state index contributed by atoms with van der Waals surface area (Å²) in [7, 11) is -1.09. The third-order valence-corrected chi connectivity index (χ3v) is 5.44. The molecule has 5 N–H and O–H groups in total. The summed E-state index contributed by atoms with van der Waals surface area (Å²) in [6.45, 7) is 1.86. The molecule has 6 heteroatoms. The van der Waals surface area contributed by atoms with Crippen LogP contribution in [0.4, 0.5) is 0 Å². The summed E-state index contributed by atoms with van der Waals surface area (Å²) in [4.78, 5) is 0.686. The van der Waals surface area contributed by atoms with Gasteiger partial charge in [-0.2, -0.15) is 0 Å². The summed E-state index contributed by atoms with van der Waals surface area (Å²) in [6.07, 6.45) is 10.2. The van der Waals surface area contributed by atoms with Gasteiger partial charge in [0.05, 0.1) is 16.9 Å². The monoisotopic (exact) mass is 331 g/mol. The van der Waals surface area contributed by atoms with E-state index in [2.05, 4.69) is 0 Å². The molecule has 128 valence electrons. The minimum atomic E-state index is -2.38. The quantitative estimate of drug-likeness (QED) is 0.399. The fourth-order valence-corrected chi connectivity index (χ4v) is 4.27. The highest BCUT2D eigenvalue weighted by molar-refractivity contribution is 7.89. The Morgan fingerprint density at radius 2 is 2.00 bits per heavy atom. The molecule has 0 heterocycles. The molecule has 0 aromatic heterocycles. The molecule has 0 aromatic rings. The number of hydrogen-bond acceptors (Lipinski definition) is 5. The van der Waals surface area contributed by atoms with Crippen molar-refractivity contribution in [1.82, 2.24) is 0 Å². The van der Waals surface area contributed by atoms with Gasteiger partial charge in [0.15, 0.2) is 0 Å². The smallest absolute Gasteiger partial charge is 0.222 e. The molecule has 0 bridgehead atoms. The van der Waals surface area contributed by atoms with Crippen molar-refractivity contribution in [3.8, 4) is 0 Å². The number of aliphatic hydroxyl groups is 3. The second-order valence-electron chi connectivity index (χ2n) is 6.09. The Bertz CT molecular complexity index is 409. The van der Waals surface area contributed by atoms with E-state index < -0.39 is 22.8 Å². The second-order valence-corrected chi connectivity index (χ2v) is 7.59. The largest absolute Gasteiger partial charge is 0.393 e. The van der Waals surface area contributed by atoms with Gasteiger partial charge < -0.3 is 15.3 Å². The van der Waals surface area contributed by atoms with Crippen LogP contribution in [0.2, 0.25) is 0 Å². The normalized spacial score (nSPS) is 21.2. The van der Waals surface area contributed by atoms with Gasteiger partial charge in [-0.05, 0) is 32.1 Å². The van der Waals surface area contributed by atoms with Crippen molar-refractivity contribution in [3.63, 3.8) is 0 Å². The van der Waals surface area contributed by atoms with Gasteiger partial charge in [0, 0.05) is 17.1 Å². The van der Waals surface area contributed by atoms with E-state index in [0.29, 0.717) is 16.6 Å². The molecule has 0 saturated heterocycles. The maximum absolute atomic E-state index is 12.5. The summed E-state index contributed by atoms with van der Waals surface area (Å²) in [6, 6.07) is 0. The van der Waals surface area contributed by atoms with Crippen LogP contribution in [-0.2, 0) is 10.8 Å². The molecule has 0 amide bonds. The van der Waals surface area contributed by atoms with E-state index in [0.717, 1.165) is 12.8 Å². The summed E-state index contributed by atoms with van der Waals surface area (Å²) in [5.41, 5.74) is 5.04. The number of rotatable bonds is 8. The van der Waals surface area contributed by atoms with Gasteiger partial charge in [-0.25, -0.2) is 0 Å². The summed E-state index contributed by atoms with van der Waals surface area (Å²) >= 11 is 0. The average molecular weight is 331 g/mol. The van der Waals surface area contributed by atoms with Gasteiger partial charge in [-0.15, -0.1) is 0 Å². The van der Waals surface area contributed by atoms with Crippen molar-refractivity contribution in [2.24, 2.45) is 11.7 Å². The van der Waals surface area contributed by atoms with Crippen molar-refractivity contribution in [3.05, 3.63) is 23.1 Å². The number of aliphatic hydroxyl groups excluding tert-OH is 1. The number of nitrogens with two attached hydrogens (primary N) is 1. The fourth-order valence-electron chi connectivity index (χ4n) is 2.75. The Morgan fingerprint density at radius 1 is 1.36 bits per heavy atom. The highest BCUT2D eigenvalue weighted by Gasteiger charge is 2.21. The molecular formula is C16H29NO4S. The maximum atomic E-state index is 12.5. The Labute approximate surface area is 135 Å². The predicted molar refractivity (Wildman–Crippen MR) is 89.1 cm³/mol. The average Bonchev–Trinajstić information content (AvgIpc) is 2.42. The van der Waals surface area contributed by atoms with E-state index in [1.165, 1.54) is 19.3 Å². The summed E-state index contributed by atoms with van der Waals surface area (Å²) in [5.74, 6) is -1.21. The molecule has 1 aliphatic carbocycles. The van der Waals surface area contributed by atoms with E-state index in [1.807, 2.05) is 13.0 Å². The van der Waals surface area contributed by atoms with Crippen LogP contribution in [0, 0.1) is 5.92 Å². The third kappa shape index (κ3) is 8.19. The van der Waals surface area contributed by atoms with Crippen LogP contribution in [0.1, 0.15) is 51.9 Å². The molecule has 1 fully saturated rings. The minimum Gasteiger partial charge on any atom is -0.393 e. The standard InChI is InChI=1S/C16H29NO4S/c1-2-6-15(10-9-14(18)11-16(17,19)20)22(21)12-13-7-4-3-5-8-13/h2,6,10,13-14,18-20H,3-5,7-9,11-12,17H2,1H3/b6-2-,15-10+. The molecule has 0 radical (unpaired) electrons. The van der Waals surface area contributed by atoms with Crippen molar-refractivity contribution in [1.29, 1.82) is 0 Å². The molecule has 1 aliphatic rings. The van der Waals surface area contributed by atoms with Crippen LogP contribution < -0.4 is 5.73 Å². The van der Waals surface area contributed by atoms with Crippen molar-refractivity contribution >= 4 is 10.8 Å². The molecule has 0 spiro atoms. The van der Waals surface area contributed by atoms with E-state index in [1.54, 1.807) is 12.2 Å². The van der Waals surface area contributed by atoms with Crippen LogP contribution >= 0.6 is 0 Å². The van der Waals surface area contributed by atoms with E-state index >= 15 is 0 Å². The predicted octanol–water partition coefficient (Wildman–Crippen LogP) is 1.51. The molecule has 22 heavy (non-hydrogen) atoms. The second kappa shape index (κ2) is 9.57. The molecule has 1 rings (SSSR count). The van der Waals surface area contributed by atoms with Crippen molar-refractivity contribution in [2.75, 3.05) is 5.75 Å². The summed E-state index contributed by atoms with van der Waals surface area (Å²) in [5, 5.41) is 27.9. The zero-order valence-corrected chi connectivity index (χ0v) is 14.1. The Balaban J connectivity index is 2.58. The SMILES string of the molecule is C/C=C\C(=C/CC(O)CC(N)(O)O)S(=O)CC1CCCCC1. The number of hydrogen-bond donors (Lipinski definition) is 4. The van der Waals surface area contributed by atoms with Gasteiger partial charge in [0.2, 0.25) is 5.91 Å². The van der Waals surface area contributed by atoms with Crippen LogP contribution in [0.5, 0.6) is 0 Å². The van der Waals surface area contributed by atoms with E-state index in [9.17, 15) is 9.32 Å². The fraction of sp³-hybridized carbons (Fsp3) is 0.750. The Kier molecular flexibility index (Phi) is 8.49. The van der Waals surface area contributed by atoms with Gasteiger partial charge in [0.1, 0.15) is 0 Å². The van der Waals surface area contributed by atoms with Crippen LogP contribution in [0.25, 0.3) is 0 Å². The van der Waals surface area contributed by atoms with Crippen LogP contribution in [-0.4, -0.2) is 37.3 Å². The van der Waals surface area contributed by atoms with E-state index in [-0.39, 0.29) is 12.8 Å². The number of allylic oxidation sites excluding steroid dienone is 2. The van der Waals surface area contributed by atoms with Crippen molar-refractivity contribution in [2.45, 2.75) is 63.9 Å². The van der Waals surface area contributed by atoms with E-state index in [4.69, 9.17) is 15.9 Å².